The summed E-state index contributed by atoms with van der Waals surface area (Å²) < 4.78 is 2.08. The molecule has 1 aliphatic rings. The van der Waals surface area contributed by atoms with Gasteiger partial charge >= 0.3 is 0 Å². The van der Waals surface area contributed by atoms with Crippen molar-refractivity contribution in [3.05, 3.63) is 52.3 Å². The monoisotopic (exact) mass is 299 g/mol. The molecule has 2 nitrogen and oxygen atoms in total. The van der Waals surface area contributed by atoms with Gasteiger partial charge in [0.1, 0.15) is 0 Å². The van der Waals surface area contributed by atoms with Gasteiger partial charge in [-0.05, 0) is 62.4 Å². The summed E-state index contributed by atoms with van der Waals surface area (Å²) in [5.41, 5.74) is 6.02. The number of hydrogen-bond acceptors (Lipinski definition) is 2. The molecule has 0 unspecified atom stereocenters. The highest BCUT2D eigenvalue weighted by Gasteiger charge is 2.15. The molecule has 0 spiro atoms. The van der Waals surface area contributed by atoms with Gasteiger partial charge in [0.15, 0.2) is 5.78 Å². The molecule has 2 aromatic rings. The van der Waals surface area contributed by atoms with E-state index in [2.05, 4.69) is 22.8 Å². The molecule has 0 N–H and O–H groups in total. The molecule has 0 atom stereocenters. The fourth-order valence-electron chi connectivity index (χ4n) is 3.00. The summed E-state index contributed by atoms with van der Waals surface area (Å²) in [4.78, 5) is 13.6. The normalized spacial score (nSPS) is 13.5. The van der Waals surface area contributed by atoms with Crippen LogP contribution in [0.5, 0.6) is 0 Å². The molecular formula is C18H21NOS. The molecule has 1 aromatic heterocycles. The van der Waals surface area contributed by atoms with Crippen LogP contribution in [0, 0.1) is 13.8 Å². The van der Waals surface area contributed by atoms with Crippen molar-refractivity contribution < 1.29 is 4.79 Å². The second kappa shape index (κ2) is 5.72. The van der Waals surface area contributed by atoms with E-state index in [1.54, 1.807) is 11.8 Å². The Balaban J connectivity index is 1.70. The molecule has 110 valence electrons. The van der Waals surface area contributed by atoms with Crippen molar-refractivity contribution >= 4 is 17.5 Å². The number of carbonyl (C=O) groups is 1. The van der Waals surface area contributed by atoms with Gasteiger partial charge in [-0.1, -0.05) is 6.07 Å². The number of aryl methyl sites for hydroxylation is 3. The van der Waals surface area contributed by atoms with Crippen LogP contribution in [-0.2, 0) is 19.9 Å². The van der Waals surface area contributed by atoms with Crippen molar-refractivity contribution in [2.45, 2.75) is 38.0 Å². The van der Waals surface area contributed by atoms with Crippen molar-refractivity contribution in [1.82, 2.24) is 4.57 Å². The Bertz CT molecular complexity index is 699. The minimum Gasteiger partial charge on any atom is -0.351 e. The minimum atomic E-state index is 0.224. The molecule has 21 heavy (non-hydrogen) atoms. The molecule has 3 rings (SSSR count). The first-order chi connectivity index (χ1) is 10.1. The molecule has 1 aromatic carbocycles. The molecule has 1 heterocycles. The van der Waals surface area contributed by atoms with Gasteiger partial charge in [0.05, 0.1) is 5.75 Å². The van der Waals surface area contributed by atoms with Crippen LogP contribution >= 0.6 is 11.8 Å². The Morgan fingerprint density at radius 3 is 2.67 bits per heavy atom. The zero-order valence-electron chi connectivity index (χ0n) is 12.9. The van der Waals surface area contributed by atoms with E-state index >= 15 is 0 Å². The predicted molar refractivity (Wildman–Crippen MR) is 88.4 cm³/mol. The van der Waals surface area contributed by atoms with Gasteiger partial charge in [0.2, 0.25) is 0 Å². The summed E-state index contributed by atoms with van der Waals surface area (Å²) in [5, 5.41) is 0. The van der Waals surface area contributed by atoms with Crippen LogP contribution in [0.3, 0.4) is 0 Å². The van der Waals surface area contributed by atoms with Gasteiger partial charge in [0.25, 0.3) is 0 Å². The summed E-state index contributed by atoms with van der Waals surface area (Å²) >= 11 is 1.65. The molecule has 1 aliphatic carbocycles. The van der Waals surface area contributed by atoms with Crippen molar-refractivity contribution in [1.29, 1.82) is 0 Å². The maximum atomic E-state index is 12.4. The number of ketones is 1. The third kappa shape index (κ3) is 2.80. The summed E-state index contributed by atoms with van der Waals surface area (Å²) in [6.45, 7) is 4.05. The number of carbonyl (C=O) groups excluding carboxylic acids is 1. The first-order valence-electron chi connectivity index (χ1n) is 7.47. The zero-order valence-corrected chi connectivity index (χ0v) is 13.7. The molecule has 0 saturated heterocycles. The number of nitrogens with zero attached hydrogens (tertiary/aromatic N) is 1. The van der Waals surface area contributed by atoms with Crippen molar-refractivity contribution in [2.75, 3.05) is 5.75 Å². The maximum absolute atomic E-state index is 12.4. The SMILES string of the molecule is Cc1cc(C(=O)CSc2ccc3c(c2)CCC3)c(C)n1C. The number of fused-ring (bicyclic) bond motifs is 1. The standard InChI is InChI=1S/C18H21NOS/c1-12-9-17(13(2)19(12)3)18(20)11-21-16-8-7-14-5-4-6-15(14)10-16/h7-10H,4-6,11H2,1-3H3. The molecule has 0 amide bonds. The average Bonchev–Trinajstić information content (AvgIpc) is 3.04. The summed E-state index contributed by atoms with van der Waals surface area (Å²) in [6, 6.07) is 8.66. The molecule has 0 aliphatic heterocycles. The average molecular weight is 299 g/mol. The quantitative estimate of drug-likeness (QED) is 0.626. The van der Waals surface area contributed by atoms with Gasteiger partial charge in [-0.15, -0.1) is 11.8 Å². The van der Waals surface area contributed by atoms with Crippen LogP contribution in [0.4, 0.5) is 0 Å². The maximum Gasteiger partial charge on any atom is 0.174 e. The Labute approximate surface area is 130 Å². The number of hydrogen-bond donors (Lipinski definition) is 0. The van der Waals surface area contributed by atoms with E-state index in [-0.39, 0.29) is 5.78 Å². The number of thioether (sulfide) groups is 1. The Hall–Kier alpha value is -1.48. The first kappa shape index (κ1) is 14.5. The molecule has 0 fully saturated rings. The smallest absolute Gasteiger partial charge is 0.174 e. The lowest BCUT2D eigenvalue weighted by Crippen LogP contribution is -2.04. The number of rotatable bonds is 4. The number of Topliss-reactive ketones (excluding diaryl/α,β-unsaturated/α-hetero) is 1. The fourth-order valence-corrected chi connectivity index (χ4v) is 3.85. The lowest BCUT2D eigenvalue weighted by molar-refractivity contribution is 0.102. The van der Waals surface area contributed by atoms with E-state index < -0.39 is 0 Å². The lowest BCUT2D eigenvalue weighted by atomic mass is 10.1. The summed E-state index contributed by atoms with van der Waals surface area (Å²) in [6.07, 6.45) is 3.67. The van der Waals surface area contributed by atoms with Gasteiger partial charge in [-0.3, -0.25) is 4.79 Å². The number of benzene rings is 1. The van der Waals surface area contributed by atoms with Crippen molar-refractivity contribution in [3.8, 4) is 0 Å². The first-order valence-corrected chi connectivity index (χ1v) is 8.45. The highest BCUT2D eigenvalue weighted by molar-refractivity contribution is 8.00. The molecule has 0 saturated carbocycles. The second-order valence-corrected chi connectivity index (χ2v) is 6.89. The van der Waals surface area contributed by atoms with E-state index in [0.29, 0.717) is 5.75 Å². The van der Waals surface area contributed by atoms with Crippen LogP contribution < -0.4 is 0 Å². The van der Waals surface area contributed by atoms with Gasteiger partial charge in [-0.25, -0.2) is 0 Å². The van der Waals surface area contributed by atoms with Gasteiger partial charge < -0.3 is 4.57 Å². The van der Waals surface area contributed by atoms with E-state index in [1.807, 2.05) is 27.0 Å². The Kier molecular flexibility index (Phi) is 3.94. The number of aromatic nitrogens is 1. The van der Waals surface area contributed by atoms with Crippen LogP contribution in [0.15, 0.2) is 29.2 Å². The third-order valence-corrected chi connectivity index (χ3v) is 5.51. The van der Waals surface area contributed by atoms with E-state index in [1.165, 1.54) is 35.3 Å². The van der Waals surface area contributed by atoms with Crippen LogP contribution in [0.25, 0.3) is 0 Å². The van der Waals surface area contributed by atoms with E-state index in [9.17, 15) is 4.79 Å². The highest BCUT2D eigenvalue weighted by atomic mass is 32.2. The zero-order chi connectivity index (χ0) is 15.0. The topological polar surface area (TPSA) is 22.0 Å². The van der Waals surface area contributed by atoms with Crippen molar-refractivity contribution in [3.63, 3.8) is 0 Å². The van der Waals surface area contributed by atoms with Crippen molar-refractivity contribution in [2.24, 2.45) is 7.05 Å². The van der Waals surface area contributed by atoms with Crippen LogP contribution in [0.2, 0.25) is 0 Å². The molecular weight excluding hydrogens is 278 g/mol. The molecule has 0 radical (unpaired) electrons. The van der Waals surface area contributed by atoms with Crippen LogP contribution in [0.1, 0.15) is 39.3 Å². The third-order valence-electron chi connectivity index (χ3n) is 4.52. The van der Waals surface area contributed by atoms with E-state index in [0.717, 1.165) is 17.0 Å². The summed E-state index contributed by atoms with van der Waals surface area (Å²) in [7, 11) is 2.01. The second-order valence-electron chi connectivity index (χ2n) is 5.84. The Morgan fingerprint density at radius 2 is 1.95 bits per heavy atom. The largest absolute Gasteiger partial charge is 0.351 e. The van der Waals surface area contributed by atoms with Gasteiger partial charge in [0, 0.05) is 28.9 Å². The highest BCUT2D eigenvalue weighted by Crippen LogP contribution is 2.28. The van der Waals surface area contributed by atoms with Gasteiger partial charge in [-0.2, -0.15) is 0 Å². The Morgan fingerprint density at radius 1 is 1.19 bits per heavy atom. The predicted octanol–water partition coefficient (Wildman–Crippen LogP) is 4.11. The summed E-state index contributed by atoms with van der Waals surface area (Å²) in [5.74, 6) is 0.741. The lowest BCUT2D eigenvalue weighted by Gasteiger charge is -2.05. The molecule has 3 heteroatoms. The van der Waals surface area contributed by atoms with E-state index in [4.69, 9.17) is 0 Å². The minimum absolute atomic E-state index is 0.224. The fraction of sp³-hybridized carbons (Fsp3) is 0.389. The van der Waals surface area contributed by atoms with Crippen LogP contribution in [-0.4, -0.2) is 16.1 Å². The molecule has 0 bridgehead atoms.